The van der Waals surface area contributed by atoms with Gasteiger partial charge >= 0.3 is 6.09 Å². The minimum absolute atomic E-state index is 0.163. The van der Waals surface area contributed by atoms with E-state index in [1.54, 1.807) is 7.11 Å². The smallest absolute Gasteiger partial charge is 0.410 e. The van der Waals surface area contributed by atoms with Gasteiger partial charge in [0.15, 0.2) is 0 Å². The topological polar surface area (TPSA) is 42.0 Å². The number of halogens is 1. The normalized spacial score (nSPS) is 22.2. The zero-order valence-electron chi connectivity index (χ0n) is 16.6. The van der Waals surface area contributed by atoms with Crippen molar-refractivity contribution in [2.45, 2.75) is 39.2 Å². The van der Waals surface area contributed by atoms with E-state index in [0.29, 0.717) is 18.4 Å². The first-order chi connectivity index (χ1) is 13.0. The summed E-state index contributed by atoms with van der Waals surface area (Å²) in [5.74, 6) is 2.04. The molecule has 1 amide bonds. The molecule has 1 aromatic carbocycles. The van der Waals surface area contributed by atoms with E-state index in [1.165, 1.54) is 22.9 Å². The third kappa shape index (κ3) is 5.38. The van der Waals surface area contributed by atoms with Gasteiger partial charge in [0.05, 0.1) is 13.7 Å². The molecule has 1 atom stereocenters. The van der Waals surface area contributed by atoms with E-state index in [4.69, 9.17) is 9.47 Å². The van der Waals surface area contributed by atoms with Crippen LogP contribution in [0.25, 0.3) is 0 Å². The van der Waals surface area contributed by atoms with Crippen LogP contribution in [-0.4, -0.2) is 61.8 Å². The lowest BCUT2D eigenvalue weighted by Crippen LogP contribution is -2.50. The molecule has 0 aliphatic carbocycles. The van der Waals surface area contributed by atoms with Gasteiger partial charge in [0.2, 0.25) is 0 Å². The number of methoxy groups -OCH3 is 1. The Morgan fingerprint density at radius 1 is 1.26 bits per heavy atom. The van der Waals surface area contributed by atoms with Gasteiger partial charge in [0.25, 0.3) is 0 Å². The first kappa shape index (κ1) is 20.5. The molecule has 1 unspecified atom stereocenters. The number of amides is 1. The average Bonchev–Trinajstić information content (AvgIpc) is 2.66. The fraction of sp³-hybridized carbons (Fsp3) is 0.667. The van der Waals surface area contributed by atoms with Crippen molar-refractivity contribution in [3.8, 4) is 5.75 Å². The van der Waals surface area contributed by atoms with Crippen molar-refractivity contribution >= 4 is 22.0 Å². The van der Waals surface area contributed by atoms with Gasteiger partial charge in [-0.05, 0) is 75.9 Å². The molecule has 0 radical (unpaired) electrons. The second kappa shape index (κ2) is 9.28. The molecule has 0 aromatic heterocycles. The molecule has 0 bridgehead atoms. The molecule has 2 heterocycles. The van der Waals surface area contributed by atoms with Gasteiger partial charge in [0, 0.05) is 29.5 Å². The molecule has 2 fully saturated rings. The Balaban J connectivity index is 1.47. The monoisotopic (exact) mass is 438 g/mol. The van der Waals surface area contributed by atoms with Gasteiger partial charge in [-0.15, -0.1) is 0 Å². The van der Waals surface area contributed by atoms with Crippen LogP contribution in [0.4, 0.5) is 4.79 Å². The van der Waals surface area contributed by atoms with Crippen molar-refractivity contribution in [3.05, 3.63) is 28.2 Å². The zero-order chi connectivity index (χ0) is 19.4. The number of carbonyl (C=O) groups excluding carboxylic acids is 1. The number of benzene rings is 1. The number of piperidine rings is 1. The molecule has 2 aliphatic rings. The van der Waals surface area contributed by atoms with Gasteiger partial charge in [-0.1, -0.05) is 15.9 Å². The predicted octanol–water partition coefficient (Wildman–Crippen LogP) is 4.19. The van der Waals surface area contributed by atoms with Gasteiger partial charge < -0.3 is 19.3 Å². The lowest BCUT2D eigenvalue weighted by molar-refractivity contribution is 0.0171. The lowest BCUT2D eigenvalue weighted by atomic mass is 9.89. The van der Waals surface area contributed by atoms with Crippen molar-refractivity contribution < 1.29 is 14.3 Å². The number of carbonyl (C=O) groups is 1. The van der Waals surface area contributed by atoms with Gasteiger partial charge in [0.1, 0.15) is 5.75 Å². The molecule has 150 valence electrons. The van der Waals surface area contributed by atoms with Crippen LogP contribution in [0.3, 0.4) is 0 Å². The van der Waals surface area contributed by atoms with Crippen LogP contribution in [0.2, 0.25) is 0 Å². The number of rotatable bonds is 6. The lowest BCUT2D eigenvalue weighted by Gasteiger charge is -2.39. The van der Waals surface area contributed by atoms with E-state index in [9.17, 15) is 4.79 Å². The summed E-state index contributed by atoms with van der Waals surface area (Å²) in [6, 6.07) is 6.42. The van der Waals surface area contributed by atoms with Crippen LogP contribution >= 0.6 is 15.9 Å². The summed E-state index contributed by atoms with van der Waals surface area (Å²) in [4.78, 5) is 16.2. The fourth-order valence-electron chi connectivity index (χ4n) is 4.09. The van der Waals surface area contributed by atoms with Crippen molar-refractivity contribution in [1.29, 1.82) is 0 Å². The molecule has 0 N–H and O–H groups in total. The third-order valence-electron chi connectivity index (χ3n) is 5.74. The molecule has 6 heteroatoms. The SMILES string of the molecule is COc1ccc(Br)c(CC2CCN(CC3COC(=O)N(C(C)C)C3)CC2)c1. The van der Waals surface area contributed by atoms with Crippen LogP contribution in [-0.2, 0) is 11.2 Å². The highest BCUT2D eigenvalue weighted by molar-refractivity contribution is 9.10. The number of ether oxygens (including phenoxy) is 2. The number of hydrogen-bond donors (Lipinski definition) is 0. The van der Waals surface area contributed by atoms with E-state index in [0.717, 1.165) is 38.3 Å². The molecule has 0 spiro atoms. The fourth-order valence-corrected chi connectivity index (χ4v) is 4.50. The molecule has 2 aliphatic heterocycles. The number of cyclic esters (lactones) is 1. The van der Waals surface area contributed by atoms with Gasteiger partial charge in [-0.2, -0.15) is 0 Å². The molecular formula is C21H31BrN2O3. The van der Waals surface area contributed by atoms with Crippen molar-refractivity contribution in [2.75, 3.05) is 39.9 Å². The number of nitrogens with zero attached hydrogens (tertiary/aromatic N) is 2. The molecule has 0 saturated carbocycles. The molecule has 1 aromatic rings. The van der Waals surface area contributed by atoms with Crippen LogP contribution in [0, 0.1) is 11.8 Å². The summed E-state index contributed by atoms with van der Waals surface area (Å²) in [5.41, 5.74) is 1.33. The Kier molecular flexibility index (Phi) is 7.04. The van der Waals surface area contributed by atoms with Gasteiger partial charge in [-0.3, -0.25) is 0 Å². The Labute approximate surface area is 171 Å². The maximum absolute atomic E-state index is 11.8. The first-order valence-corrected chi connectivity index (χ1v) is 10.7. The second-order valence-corrected chi connectivity index (χ2v) is 8.95. The summed E-state index contributed by atoms with van der Waals surface area (Å²) in [5, 5.41) is 0. The summed E-state index contributed by atoms with van der Waals surface area (Å²) in [6.07, 6.45) is 3.35. The summed E-state index contributed by atoms with van der Waals surface area (Å²) in [7, 11) is 1.72. The van der Waals surface area contributed by atoms with Crippen LogP contribution in [0.1, 0.15) is 32.3 Å². The van der Waals surface area contributed by atoms with Crippen LogP contribution in [0.5, 0.6) is 5.75 Å². The zero-order valence-corrected chi connectivity index (χ0v) is 18.2. The van der Waals surface area contributed by atoms with Crippen molar-refractivity contribution in [1.82, 2.24) is 9.80 Å². The van der Waals surface area contributed by atoms with E-state index < -0.39 is 0 Å². The summed E-state index contributed by atoms with van der Waals surface area (Å²) >= 11 is 3.67. The average molecular weight is 439 g/mol. The Bertz CT molecular complexity index is 644. The summed E-state index contributed by atoms with van der Waals surface area (Å²) in [6.45, 7) is 8.73. The van der Waals surface area contributed by atoms with E-state index in [2.05, 4.69) is 33.0 Å². The van der Waals surface area contributed by atoms with E-state index in [1.807, 2.05) is 24.8 Å². The molecule has 5 nitrogen and oxygen atoms in total. The highest BCUT2D eigenvalue weighted by atomic mass is 79.9. The highest BCUT2D eigenvalue weighted by Gasteiger charge is 2.31. The van der Waals surface area contributed by atoms with Gasteiger partial charge in [-0.25, -0.2) is 4.79 Å². The van der Waals surface area contributed by atoms with E-state index >= 15 is 0 Å². The molecule has 3 rings (SSSR count). The van der Waals surface area contributed by atoms with Crippen LogP contribution < -0.4 is 4.74 Å². The largest absolute Gasteiger partial charge is 0.497 e. The van der Waals surface area contributed by atoms with Crippen LogP contribution in [0.15, 0.2) is 22.7 Å². The van der Waals surface area contributed by atoms with Crippen molar-refractivity contribution in [2.24, 2.45) is 11.8 Å². The third-order valence-corrected chi connectivity index (χ3v) is 6.51. The second-order valence-electron chi connectivity index (χ2n) is 8.09. The molecule has 27 heavy (non-hydrogen) atoms. The predicted molar refractivity (Wildman–Crippen MR) is 110 cm³/mol. The molecular weight excluding hydrogens is 408 g/mol. The number of hydrogen-bond acceptors (Lipinski definition) is 4. The Morgan fingerprint density at radius 2 is 2.00 bits per heavy atom. The van der Waals surface area contributed by atoms with Crippen molar-refractivity contribution in [3.63, 3.8) is 0 Å². The maximum atomic E-state index is 11.8. The molecule has 2 saturated heterocycles. The standard InChI is InChI=1S/C21H31BrN2O3/c1-15(2)24-13-17(14-27-21(24)25)12-23-8-6-16(7-9-23)10-18-11-19(26-3)4-5-20(18)22/h4-5,11,15-17H,6-10,12-14H2,1-3H3. The number of likely N-dealkylation sites (tertiary alicyclic amines) is 1. The quantitative estimate of drug-likeness (QED) is 0.667. The Morgan fingerprint density at radius 3 is 2.67 bits per heavy atom. The maximum Gasteiger partial charge on any atom is 0.410 e. The van der Waals surface area contributed by atoms with E-state index in [-0.39, 0.29) is 12.1 Å². The highest BCUT2D eigenvalue weighted by Crippen LogP contribution is 2.29. The Hall–Kier alpha value is -1.27. The minimum Gasteiger partial charge on any atom is -0.497 e. The summed E-state index contributed by atoms with van der Waals surface area (Å²) < 4.78 is 11.9. The first-order valence-electron chi connectivity index (χ1n) is 9.94. The minimum atomic E-state index is -0.163.